The van der Waals surface area contributed by atoms with Crippen molar-refractivity contribution in [3.05, 3.63) is 83.1 Å². The molecule has 0 unspecified atom stereocenters. The molecule has 1 saturated carbocycles. The van der Waals surface area contributed by atoms with Gasteiger partial charge in [-0.1, -0.05) is 6.07 Å². The molecule has 5 nitrogen and oxygen atoms in total. The quantitative estimate of drug-likeness (QED) is 0.379. The number of anilines is 1. The first-order valence-electron chi connectivity index (χ1n) is 11.0. The fourth-order valence-corrected chi connectivity index (χ4v) is 3.50. The smallest absolute Gasteiger partial charge is 0.270 e. The van der Waals surface area contributed by atoms with Crippen molar-refractivity contribution in [3.8, 4) is 11.5 Å². The second-order valence-electron chi connectivity index (χ2n) is 8.62. The summed E-state index contributed by atoms with van der Waals surface area (Å²) in [6.07, 6.45) is 2.55. The summed E-state index contributed by atoms with van der Waals surface area (Å²) < 4.78 is 61.0. The van der Waals surface area contributed by atoms with E-state index in [2.05, 4.69) is 10.3 Å². The molecule has 0 atom stereocenters. The highest BCUT2D eigenvalue weighted by Crippen LogP contribution is 2.31. The van der Waals surface area contributed by atoms with Gasteiger partial charge in [-0.25, -0.2) is 22.5 Å². The first-order valence-corrected chi connectivity index (χ1v) is 11.0. The maximum atomic E-state index is 14.6. The third-order valence-electron chi connectivity index (χ3n) is 5.44. The van der Waals surface area contributed by atoms with Crippen molar-refractivity contribution < 1.29 is 31.9 Å². The molecule has 3 aromatic rings. The summed E-state index contributed by atoms with van der Waals surface area (Å²) in [7, 11) is 0. The number of benzene rings is 2. The zero-order valence-corrected chi connectivity index (χ0v) is 18.8. The van der Waals surface area contributed by atoms with Crippen molar-refractivity contribution in [1.82, 2.24) is 4.98 Å². The molecule has 1 aliphatic carbocycles. The molecule has 182 valence electrons. The number of pyridine rings is 1. The Bertz CT molecular complexity index is 1270. The number of ether oxygens (including phenoxy) is 1. The predicted octanol–water partition coefficient (Wildman–Crippen LogP) is 5.97. The predicted molar refractivity (Wildman–Crippen MR) is 120 cm³/mol. The fraction of sp³-hybridized carbons (Fsp3) is 0.269. The molecular weight excluding hydrogens is 464 g/mol. The van der Waals surface area contributed by atoms with Gasteiger partial charge >= 0.3 is 0 Å². The Kier molecular flexibility index (Phi) is 6.86. The first-order chi connectivity index (χ1) is 16.6. The molecule has 0 bridgehead atoms. The maximum Gasteiger partial charge on any atom is 0.270 e. The van der Waals surface area contributed by atoms with E-state index in [1.165, 1.54) is 24.4 Å². The summed E-state index contributed by atoms with van der Waals surface area (Å²) >= 11 is 0. The number of rotatable bonds is 9. The number of alkyl halides is 2. The fourth-order valence-electron chi connectivity index (χ4n) is 3.50. The number of amides is 1. The number of carbonyl (C=O) groups is 2. The zero-order chi connectivity index (χ0) is 25.2. The Morgan fingerprint density at radius 3 is 2.46 bits per heavy atom. The van der Waals surface area contributed by atoms with Crippen LogP contribution in [0.25, 0.3) is 0 Å². The van der Waals surface area contributed by atoms with Crippen LogP contribution in [0.4, 0.5) is 23.4 Å². The van der Waals surface area contributed by atoms with Crippen LogP contribution in [-0.4, -0.2) is 16.7 Å². The number of carbonyl (C=O) groups excluding carboxylic acids is 2. The summed E-state index contributed by atoms with van der Waals surface area (Å²) in [4.78, 5) is 28.4. The largest absolute Gasteiger partial charge is 0.457 e. The van der Waals surface area contributed by atoms with Crippen LogP contribution >= 0.6 is 0 Å². The molecule has 0 aliphatic heterocycles. The molecule has 0 spiro atoms. The maximum absolute atomic E-state index is 14.6. The van der Waals surface area contributed by atoms with Crippen LogP contribution in [-0.2, 0) is 28.4 Å². The number of aromatic nitrogens is 1. The van der Waals surface area contributed by atoms with Crippen molar-refractivity contribution in [3.63, 3.8) is 0 Å². The summed E-state index contributed by atoms with van der Waals surface area (Å²) in [6.45, 7) is 0.642. The van der Waals surface area contributed by atoms with E-state index in [0.29, 0.717) is 18.5 Å². The van der Waals surface area contributed by atoms with Crippen LogP contribution in [0.15, 0.2) is 54.7 Å². The number of halogens is 4. The van der Waals surface area contributed by atoms with E-state index in [0.717, 1.165) is 37.1 Å². The van der Waals surface area contributed by atoms with E-state index in [4.69, 9.17) is 4.74 Å². The molecule has 2 aromatic carbocycles. The zero-order valence-electron chi connectivity index (χ0n) is 18.8. The van der Waals surface area contributed by atoms with E-state index < -0.39 is 28.9 Å². The molecule has 4 rings (SSSR count). The van der Waals surface area contributed by atoms with E-state index in [1.54, 1.807) is 6.07 Å². The second kappa shape index (κ2) is 9.85. The monoisotopic (exact) mass is 486 g/mol. The standard InChI is InChI=1S/C26H22F4N2O3/c1-26(29,30)18-8-15(9-19(27)12-18)10-20(33)11-17-4-5-21(13-23(17)28)35-22-6-7-31-24(14-22)32-25(34)16-2-3-16/h4-9,12-14,16H,2-3,10-11H2,1H3,(H,31,32,34). The summed E-state index contributed by atoms with van der Waals surface area (Å²) in [6, 6.07) is 9.85. The minimum Gasteiger partial charge on any atom is -0.457 e. The van der Waals surface area contributed by atoms with E-state index in [-0.39, 0.29) is 41.5 Å². The topological polar surface area (TPSA) is 68.3 Å². The SMILES string of the molecule is CC(F)(F)c1cc(F)cc(CC(=O)Cc2ccc(Oc3ccnc(NC(=O)C4CC4)c3)cc2F)c1. The van der Waals surface area contributed by atoms with Gasteiger partial charge in [-0.05, 0) is 54.3 Å². The Morgan fingerprint density at radius 2 is 1.77 bits per heavy atom. The normalized spacial score (nSPS) is 13.4. The first kappa shape index (κ1) is 24.4. The number of Topliss-reactive ketones (excluding diaryl/α,β-unsaturated/α-hetero) is 1. The average Bonchev–Trinajstić information content (AvgIpc) is 3.60. The second-order valence-corrected chi connectivity index (χ2v) is 8.62. The molecule has 1 aliphatic rings. The van der Waals surface area contributed by atoms with Crippen molar-refractivity contribution in [2.75, 3.05) is 5.32 Å². The van der Waals surface area contributed by atoms with E-state index in [9.17, 15) is 27.2 Å². The number of nitrogens with one attached hydrogen (secondary N) is 1. The lowest BCUT2D eigenvalue weighted by molar-refractivity contribution is -0.118. The van der Waals surface area contributed by atoms with Gasteiger partial charge in [0.2, 0.25) is 5.91 Å². The number of ketones is 1. The molecule has 1 heterocycles. The molecule has 1 N–H and O–H groups in total. The minimum atomic E-state index is -3.25. The molecule has 0 radical (unpaired) electrons. The van der Waals surface area contributed by atoms with Gasteiger partial charge in [0, 0.05) is 49.6 Å². The number of nitrogens with zero attached hydrogens (tertiary/aromatic N) is 1. The molecule has 35 heavy (non-hydrogen) atoms. The van der Waals surface area contributed by atoms with Gasteiger partial charge in [-0.15, -0.1) is 0 Å². The van der Waals surface area contributed by atoms with Gasteiger partial charge in [0.1, 0.15) is 34.7 Å². The van der Waals surface area contributed by atoms with E-state index in [1.807, 2.05) is 0 Å². The van der Waals surface area contributed by atoms with Gasteiger partial charge in [-0.2, -0.15) is 0 Å². The van der Waals surface area contributed by atoms with Gasteiger partial charge < -0.3 is 10.1 Å². The van der Waals surface area contributed by atoms with Crippen molar-refractivity contribution in [1.29, 1.82) is 0 Å². The highest BCUT2D eigenvalue weighted by Gasteiger charge is 2.30. The van der Waals surface area contributed by atoms with Crippen molar-refractivity contribution >= 4 is 17.5 Å². The molecule has 1 amide bonds. The van der Waals surface area contributed by atoms with Crippen LogP contribution in [0.1, 0.15) is 36.5 Å². The van der Waals surface area contributed by atoms with Gasteiger partial charge in [-0.3, -0.25) is 9.59 Å². The summed E-state index contributed by atoms with van der Waals surface area (Å²) in [5, 5.41) is 2.70. The highest BCUT2D eigenvalue weighted by atomic mass is 19.3. The Balaban J connectivity index is 1.39. The van der Waals surface area contributed by atoms with Gasteiger partial charge in [0.05, 0.1) is 0 Å². The lowest BCUT2D eigenvalue weighted by atomic mass is 9.99. The third kappa shape index (κ3) is 6.65. The Morgan fingerprint density at radius 1 is 1.03 bits per heavy atom. The van der Waals surface area contributed by atoms with Crippen molar-refractivity contribution in [2.45, 2.75) is 38.5 Å². The summed E-state index contributed by atoms with van der Waals surface area (Å²) in [5.41, 5.74) is -0.347. The Labute approximate surface area is 199 Å². The molecule has 1 fully saturated rings. The Hall–Kier alpha value is -3.75. The minimum absolute atomic E-state index is 0.0151. The molecular formula is C26H22F4N2O3. The van der Waals surface area contributed by atoms with Crippen LogP contribution in [0.3, 0.4) is 0 Å². The molecule has 9 heteroatoms. The van der Waals surface area contributed by atoms with Crippen LogP contribution in [0.5, 0.6) is 11.5 Å². The highest BCUT2D eigenvalue weighted by molar-refractivity contribution is 5.93. The van der Waals surface area contributed by atoms with Crippen LogP contribution < -0.4 is 10.1 Å². The van der Waals surface area contributed by atoms with Gasteiger partial charge in [0.25, 0.3) is 5.92 Å². The van der Waals surface area contributed by atoms with Gasteiger partial charge in [0.15, 0.2) is 0 Å². The molecule has 0 saturated heterocycles. The van der Waals surface area contributed by atoms with E-state index >= 15 is 0 Å². The lowest BCUT2D eigenvalue weighted by Crippen LogP contribution is -2.14. The van der Waals surface area contributed by atoms with Crippen molar-refractivity contribution in [2.24, 2.45) is 5.92 Å². The number of hydrogen-bond acceptors (Lipinski definition) is 4. The number of hydrogen-bond donors (Lipinski definition) is 1. The molecule has 1 aromatic heterocycles. The average molecular weight is 486 g/mol. The summed E-state index contributed by atoms with van der Waals surface area (Å²) in [5.74, 6) is -4.53. The third-order valence-corrected chi connectivity index (χ3v) is 5.44. The van der Waals surface area contributed by atoms with Crippen LogP contribution in [0, 0.1) is 17.6 Å². The van der Waals surface area contributed by atoms with Crippen LogP contribution in [0.2, 0.25) is 0 Å². The lowest BCUT2D eigenvalue weighted by Gasteiger charge is -2.12.